The molecule has 4 nitrogen and oxygen atoms in total. The summed E-state index contributed by atoms with van der Waals surface area (Å²) < 4.78 is 5.43. The lowest BCUT2D eigenvalue weighted by atomic mass is 9.81. The minimum atomic E-state index is 0.646. The Balaban J connectivity index is 2.00. The SMILES string of the molecule is NCCc1c(-c2ccco2)n[nH]c1C1CCC1. The third-order valence-corrected chi connectivity index (χ3v) is 3.56. The van der Waals surface area contributed by atoms with Crippen LogP contribution in [0.3, 0.4) is 0 Å². The third kappa shape index (κ3) is 1.78. The van der Waals surface area contributed by atoms with Gasteiger partial charge in [-0.3, -0.25) is 5.10 Å². The maximum atomic E-state index is 5.70. The van der Waals surface area contributed by atoms with Crippen LogP contribution < -0.4 is 5.73 Å². The van der Waals surface area contributed by atoms with Crippen molar-refractivity contribution in [2.45, 2.75) is 31.6 Å². The Hall–Kier alpha value is -1.55. The van der Waals surface area contributed by atoms with E-state index in [2.05, 4.69) is 10.2 Å². The summed E-state index contributed by atoms with van der Waals surface area (Å²) >= 11 is 0. The van der Waals surface area contributed by atoms with Gasteiger partial charge in [0.25, 0.3) is 0 Å². The predicted octanol–water partition coefficient (Wildman–Crippen LogP) is 2.44. The zero-order valence-electron chi connectivity index (χ0n) is 9.78. The van der Waals surface area contributed by atoms with Crippen molar-refractivity contribution in [1.82, 2.24) is 10.2 Å². The first-order valence-electron chi connectivity index (χ1n) is 6.21. The number of aromatic amines is 1. The van der Waals surface area contributed by atoms with E-state index in [0.29, 0.717) is 12.5 Å². The van der Waals surface area contributed by atoms with Crippen LogP contribution in [0.25, 0.3) is 11.5 Å². The summed E-state index contributed by atoms with van der Waals surface area (Å²) in [5, 5.41) is 7.59. The molecule has 2 heterocycles. The molecule has 0 aromatic carbocycles. The summed E-state index contributed by atoms with van der Waals surface area (Å²) in [6.07, 6.45) is 6.38. The fourth-order valence-electron chi connectivity index (χ4n) is 2.43. The maximum absolute atomic E-state index is 5.70. The van der Waals surface area contributed by atoms with Crippen molar-refractivity contribution in [2.75, 3.05) is 6.54 Å². The van der Waals surface area contributed by atoms with Gasteiger partial charge in [-0.1, -0.05) is 6.42 Å². The lowest BCUT2D eigenvalue weighted by Gasteiger charge is -2.25. The molecule has 0 unspecified atom stereocenters. The van der Waals surface area contributed by atoms with E-state index in [9.17, 15) is 0 Å². The molecule has 0 saturated heterocycles. The van der Waals surface area contributed by atoms with Gasteiger partial charge in [-0.25, -0.2) is 0 Å². The molecule has 0 aliphatic heterocycles. The molecule has 1 fully saturated rings. The highest BCUT2D eigenvalue weighted by atomic mass is 16.3. The van der Waals surface area contributed by atoms with Crippen molar-refractivity contribution in [1.29, 1.82) is 0 Å². The van der Waals surface area contributed by atoms with Crippen LogP contribution >= 0.6 is 0 Å². The summed E-state index contributed by atoms with van der Waals surface area (Å²) in [5.41, 5.74) is 9.15. The van der Waals surface area contributed by atoms with E-state index in [-0.39, 0.29) is 0 Å². The van der Waals surface area contributed by atoms with E-state index in [1.165, 1.54) is 30.5 Å². The number of rotatable bonds is 4. The Morgan fingerprint density at radius 2 is 2.35 bits per heavy atom. The lowest BCUT2D eigenvalue weighted by molar-refractivity contribution is 0.408. The molecule has 0 amide bonds. The molecule has 3 rings (SSSR count). The molecule has 17 heavy (non-hydrogen) atoms. The monoisotopic (exact) mass is 231 g/mol. The first kappa shape index (κ1) is 10.6. The summed E-state index contributed by atoms with van der Waals surface area (Å²) in [6, 6.07) is 3.83. The highest BCUT2D eigenvalue weighted by molar-refractivity contribution is 5.59. The molecule has 0 radical (unpaired) electrons. The number of H-pyrrole nitrogens is 1. The van der Waals surface area contributed by atoms with Crippen molar-refractivity contribution in [2.24, 2.45) is 5.73 Å². The second-order valence-electron chi connectivity index (χ2n) is 4.61. The second kappa shape index (κ2) is 4.37. The zero-order chi connectivity index (χ0) is 11.7. The normalized spacial score (nSPS) is 16.1. The fourth-order valence-corrected chi connectivity index (χ4v) is 2.43. The van der Waals surface area contributed by atoms with Crippen molar-refractivity contribution in [3.8, 4) is 11.5 Å². The maximum Gasteiger partial charge on any atom is 0.154 e. The molecule has 90 valence electrons. The van der Waals surface area contributed by atoms with Crippen LogP contribution in [0.1, 0.15) is 36.4 Å². The Morgan fingerprint density at radius 1 is 1.47 bits per heavy atom. The minimum absolute atomic E-state index is 0.646. The van der Waals surface area contributed by atoms with Gasteiger partial charge >= 0.3 is 0 Å². The fraction of sp³-hybridized carbons (Fsp3) is 0.462. The summed E-state index contributed by atoms with van der Waals surface area (Å²) in [5.74, 6) is 1.48. The number of hydrogen-bond donors (Lipinski definition) is 2. The van der Waals surface area contributed by atoms with Crippen LogP contribution in [0.4, 0.5) is 0 Å². The van der Waals surface area contributed by atoms with Gasteiger partial charge in [0.15, 0.2) is 5.76 Å². The molecular weight excluding hydrogens is 214 g/mol. The number of furan rings is 1. The number of nitrogens with one attached hydrogen (secondary N) is 1. The average molecular weight is 231 g/mol. The van der Waals surface area contributed by atoms with Gasteiger partial charge in [0.2, 0.25) is 0 Å². The Morgan fingerprint density at radius 3 is 2.94 bits per heavy atom. The van der Waals surface area contributed by atoms with Gasteiger partial charge in [-0.2, -0.15) is 5.10 Å². The van der Waals surface area contributed by atoms with Crippen LogP contribution in [0, 0.1) is 0 Å². The Bertz CT molecular complexity index is 483. The summed E-state index contributed by atoms with van der Waals surface area (Å²) in [6.45, 7) is 0.646. The van der Waals surface area contributed by atoms with Crippen molar-refractivity contribution in [3.63, 3.8) is 0 Å². The molecule has 0 bridgehead atoms. The van der Waals surface area contributed by atoms with Crippen LogP contribution in [-0.2, 0) is 6.42 Å². The quantitative estimate of drug-likeness (QED) is 0.849. The van der Waals surface area contributed by atoms with Gasteiger partial charge in [0.1, 0.15) is 5.69 Å². The Kier molecular flexibility index (Phi) is 2.73. The molecule has 4 heteroatoms. The minimum Gasteiger partial charge on any atom is -0.463 e. The zero-order valence-corrected chi connectivity index (χ0v) is 9.78. The average Bonchev–Trinajstić information content (AvgIpc) is 2.86. The third-order valence-electron chi connectivity index (χ3n) is 3.56. The van der Waals surface area contributed by atoms with Gasteiger partial charge in [0.05, 0.1) is 6.26 Å². The topological polar surface area (TPSA) is 67.8 Å². The molecule has 0 atom stereocenters. The van der Waals surface area contributed by atoms with Crippen molar-refractivity contribution < 1.29 is 4.42 Å². The number of nitrogens with zero attached hydrogens (tertiary/aromatic N) is 1. The first-order valence-corrected chi connectivity index (χ1v) is 6.21. The molecule has 1 aliphatic carbocycles. The molecule has 2 aromatic rings. The van der Waals surface area contributed by atoms with E-state index >= 15 is 0 Å². The standard InChI is InChI=1S/C13H17N3O/c14-7-6-10-12(9-3-1-4-9)15-16-13(10)11-5-2-8-17-11/h2,5,8-9H,1,3-4,6-7,14H2,(H,15,16). The van der Waals surface area contributed by atoms with Crippen LogP contribution in [-0.4, -0.2) is 16.7 Å². The Labute approximate surface area is 100 Å². The largest absolute Gasteiger partial charge is 0.463 e. The highest BCUT2D eigenvalue weighted by Crippen LogP contribution is 2.39. The lowest BCUT2D eigenvalue weighted by Crippen LogP contribution is -2.13. The van der Waals surface area contributed by atoms with Gasteiger partial charge < -0.3 is 10.2 Å². The van der Waals surface area contributed by atoms with Crippen molar-refractivity contribution in [3.05, 3.63) is 29.7 Å². The molecule has 1 saturated carbocycles. The van der Waals surface area contributed by atoms with E-state index in [1.807, 2.05) is 12.1 Å². The summed E-state index contributed by atoms with van der Waals surface area (Å²) in [4.78, 5) is 0. The molecule has 2 aromatic heterocycles. The molecule has 0 spiro atoms. The molecular formula is C13H17N3O. The first-order chi connectivity index (χ1) is 8.40. The van der Waals surface area contributed by atoms with Crippen LogP contribution in [0.2, 0.25) is 0 Å². The number of hydrogen-bond acceptors (Lipinski definition) is 3. The van der Waals surface area contributed by atoms with Gasteiger partial charge in [-0.15, -0.1) is 0 Å². The predicted molar refractivity (Wildman–Crippen MR) is 65.6 cm³/mol. The second-order valence-corrected chi connectivity index (χ2v) is 4.61. The molecule has 1 aliphatic rings. The van der Waals surface area contributed by atoms with E-state index in [0.717, 1.165) is 17.9 Å². The number of nitrogens with two attached hydrogens (primary N) is 1. The van der Waals surface area contributed by atoms with Crippen LogP contribution in [0.15, 0.2) is 22.8 Å². The summed E-state index contributed by atoms with van der Waals surface area (Å²) in [7, 11) is 0. The number of aromatic nitrogens is 2. The van der Waals surface area contributed by atoms with Crippen molar-refractivity contribution >= 4 is 0 Å². The smallest absolute Gasteiger partial charge is 0.154 e. The van der Waals surface area contributed by atoms with E-state index in [4.69, 9.17) is 10.2 Å². The van der Waals surface area contributed by atoms with Gasteiger partial charge in [-0.05, 0) is 37.9 Å². The van der Waals surface area contributed by atoms with Gasteiger partial charge in [0, 0.05) is 17.2 Å². The highest BCUT2D eigenvalue weighted by Gasteiger charge is 2.26. The van der Waals surface area contributed by atoms with Crippen LogP contribution in [0.5, 0.6) is 0 Å². The van der Waals surface area contributed by atoms with E-state index in [1.54, 1.807) is 6.26 Å². The molecule has 3 N–H and O–H groups in total. The van der Waals surface area contributed by atoms with E-state index < -0.39 is 0 Å².